The summed E-state index contributed by atoms with van der Waals surface area (Å²) >= 11 is 1.93. The van der Waals surface area contributed by atoms with E-state index in [1.54, 1.807) is 6.07 Å². The molecular weight excluding hydrogens is 488 g/mol. The number of hydrogen-bond donors (Lipinski definition) is 1. The maximum Gasteiger partial charge on any atom is 0.248 e. The highest BCUT2D eigenvalue weighted by molar-refractivity contribution is 7.98. The minimum atomic E-state index is -0.380. The van der Waals surface area contributed by atoms with Crippen molar-refractivity contribution in [2.45, 2.75) is 58.8 Å². The smallest absolute Gasteiger partial charge is 0.248 e. The van der Waals surface area contributed by atoms with Gasteiger partial charge in [0.15, 0.2) is 0 Å². The number of primary amides is 1. The Morgan fingerprint density at radius 3 is 2.76 bits per heavy atom. The monoisotopic (exact) mass is 534 g/mol. The Balaban J connectivity index is 1.40. The molecule has 38 heavy (non-hydrogen) atoms. The summed E-state index contributed by atoms with van der Waals surface area (Å²) in [5.74, 6) is 4.36. The number of thioether (sulfide) groups is 1. The second kappa shape index (κ2) is 14.1. The van der Waals surface area contributed by atoms with Gasteiger partial charge in [0.2, 0.25) is 5.91 Å². The number of anilines is 1. The quantitative estimate of drug-likeness (QED) is 0.274. The number of benzene rings is 2. The van der Waals surface area contributed by atoms with Gasteiger partial charge in [0.1, 0.15) is 5.75 Å². The van der Waals surface area contributed by atoms with Crippen molar-refractivity contribution in [1.82, 2.24) is 0 Å². The Morgan fingerprint density at radius 1 is 1.18 bits per heavy atom. The van der Waals surface area contributed by atoms with E-state index in [4.69, 9.17) is 10.5 Å². The van der Waals surface area contributed by atoms with Crippen LogP contribution in [0.3, 0.4) is 0 Å². The van der Waals surface area contributed by atoms with Crippen molar-refractivity contribution in [3.8, 4) is 5.75 Å². The molecule has 2 aromatic rings. The summed E-state index contributed by atoms with van der Waals surface area (Å²) in [5.41, 5.74) is 9.99. The average molecular weight is 535 g/mol. The van der Waals surface area contributed by atoms with Crippen LogP contribution in [0, 0.1) is 30.6 Å². The van der Waals surface area contributed by atoms with Crippen LogP contribution in [0.1, 0.15) is 66.9 Å². The van der Waals surface area contributed by atoms with Gasteiger partial charge in [-0.2, -0.15) is 11.8 Å². The van der Waals surface area contributed by atoms with Crippen molar-refractivity contribution in [2.24, 2.45) is 29.4 Å². The third kappa shape index (κ3) is 8.05. The van der Waals surface area contributed by atoms with Crippen LogP contribution in [0.2, 0.25) is 0 Å². The molecule has 1 saturated carbocycles. The summed E-state index contributed by atoms with van der Waals surface area (Å²) in [6.45, 7) is 7.21. The molecule has 4 rings (SSSR count). The highest BCUT2D eigenvalue weighted by atomic mass is 32.2. The van der Waals surface area contributed by atoms with Crippen LogP contribution < -0.4 is 15.4 Å². The molecule has 5 heteroatoms. The summed E-state index contributed by atoms with van der Waals surface area (Å²) in [6.07, 6.45) is 15.3. The molecule has 0 saturated heterocycles. The van der Waals surface area contributed by atoms with E-state index in [1.807, 2.05) is 23.9 Å². The lowest BCUT2D eigenvalue weighted by molar-refractivity contribution is 0.1000. The zero-order chi connectivity index (χ0) is 26.9. The third-order valence-corrected chi connectivity index (χ3v) is 9.22. The molecule has 1 aliphatic heterocycles. The predicted molar refractivity (Wildman–Crippen MR) is 162 cm³/mol. The average Bonchev–Trinajstić information content (AvgIpc) is 3.05. The standard InChI is InChI=1S/C33H46N2O2S/c1-24-9-6-10-26(18-24)11-7-12-27-20-35(31-19-29(33(34)36)16-17-32(31)37-22-27)21-30-15-14-28(30)13-5-4-8-25(2)23-38-3/h4-6,9-10,16-19,25,27-28,30H,7-8,11-15,20-23H2,1-3H3,(H2,34,36)/b5-4+/t25?,27?,28-,30?/m1/s1. The minimum Gasteiger partial charge on any atom is -0.491 e. The van der Waals surface area contributed by atoms with E-state index in [1.165, 1.54) is 42.6 Å². The molecule has 4 atom stereocenters. The van der Waals surface area contributed by atoms with Gasteiger partial charge in [-0.1, -0.05) is 48.9 Å². The molecule has 1 fully saturated rings. The maximum absolute atomic E-state index is 12.0. The van der Waals surface area contributed by atoms with Crippen molar-refractivity contribution < 1.29 is 9.53 Å². The van der Waals surface area contributed by atoms with E-state index in [0.717, 1.165) is 62.2 Å². The Morgan fingerprint density at radius 2 is 2.03 bits per heavy atom. The molecule has 1 heterocycles. The number of carbonyl (C=O) groups is 1. The molecule has 0 bridgehead atoms. The fourth-order valence-corrected chi connectivity index (χ4v) is 6.65. The third-order valence-electron chi connectivity index (χ3n) is 8.32. The van der Waals surface area contributed by atoms with Crippen molar-refractivity contribution >= 4 is 23.4 Å². The summed E-state index contributed by atoms with van der Waals surface area (Å²) in [6, 6.07) is 14.5. The number of carbonyl (C=O) groups excluding carboxylic acids is 1. The summed E-state index contributed by atoms with van der Waals surface area (Å²) in [5, 5.41) is 0. The van der Waals surface area contributed by atoms with Gasteiger partial charge in [0.05, 0.1) is 12.3 Å². The molecule has 0 radical (unpaired) electrons. The van der Waals surface area contributed by atoms with Gasteiger partial charge in [-0.05, 0) is 105 Å². The van der Waals surface area contributed by atoms with Crippen LogP contribution in [0.5, 0.6) is 5.75 Å². The van der Waals surface area contributed by atoms with Gasteiger partial charge in [0, 0.05) is 24.6 Å². The number of fused-ring (bicyclic) bond motifs is 1. The second-order valence-corrected chi connectivity index (χ2v) is 12.5. The van der Waals surface area contributed by atoms with E-state index < -0.39 is 0 Å². The Hall–Kier alpha value is -2.40. The minimum absolute atomic E-state index is 0.380. The van der Waals surface area contributed by atoms with Crippen LogP contribution in [-0.2, 0) is 6.42 Å². The van der Waals surface area contributed by atoms with Gasteiger partial charge in [-0.15, -0.1) is 0 Å². The van der Waals surface area contributed by atoms with E-state index >= 15 is 0 Å². The molecule has 1 aliphatic carbocycles. The van der Waals surface area contributed by atoms with Crippen molar-refractivity contribution in [2.75, 3.05) is 36.6 Å². The number of rotatable bonds is 13. The van der Waals surface area contributed by atoms with Crippen LogP contribution in [0.15, 0.2) is 54.6 Å². The largest absolute Gasteiger partial charge is 0.491 e. The van der Waals surface area contributed by atoms with E-state index in [2.05, 4.69) is 61.4 Å². The molecule has 4 nitrogen and oxygen atoms in total. The van der Waals surface area contributed by atoms with Gasteiger partial charge in [-0.25, -0.2) is 0 Å². The first-order valence-corrected chi connectivity index (χ1v) is 15.8. The number of nitrogens with zero attached hydrogens (tertiary/aromatic N) is 1. The molecular formula is C33H46N2O2S. The van der Waals surface area contributed by atoms with Crippen molar-refractivity contribution in [1.29, 1.82) is 0 Å². The SMILES string of the molecule is CSCC(C)C/C=C/C[C@@H]1CCC1CN1CC(CCCc2cccc(C)c2)COc2ccc(C(N)=O)cc21. The van der Waals surface area contributed by atoms with Gasteiger partial charge in [-0.3, -0.25) is 4.79 Å². The first-order chi connectivity index (χ1) is 18.4. The number of nitrogens with two attached hydrogens (primary N) is 1. The van der Waals surface area contributed by atoms with E-state index in [-0.39, 0.29) is 5.91 Å². The van der Waals surface area contributed by atoms with Crippen molar-refractivity contribution in [3.63, 3.8) is 0 Å². The Labute approximate surface area is 234 Å². The van der Waals surface area contributed by atoms with Crippen LogP contribution in [-0.4, -0.2) is 37.6 Å². The lowest BCUT2D eigenvalue weighted by Crippen LogP contribution is -2.40. The predicted octanol–water partition coefficient (Wildman–Crippen LogP) is 7.29. The van der Waals surface area contributed by atoms with Gasteiger partial charge >= 0.3 is 0 Å². The normalized spacial score (nSPS) is 21.9. The zero-order valence-corrected chi connectivity index (χ0v) is 24.3. The lowest BCUT2D eigenvalue weighted by atomic mass is 9.71. The molecule has 3 unspecified atom stereocenters. The fourth-order valence-electron chi connectivity index (χ4n) is 5.94. The van der Waals surface area contributed by atoms with Crippen LogP contribution >= 0.6 is 11.8 Å². The molecule has 2 aromatic carbocycles. The summed E-state index contributed by atoms with van der Waals surface area (Å²) in [7, 11) is 0. The highest BCUT2D eigenvalue weighted by Gasteiger charge is 2.33. The zero-order valence-electron chi connectivity index (χ0n) is 23.5. The van der Waals surface area contributed by atoms with Crippen LogP contribution in [0.25, 0.3) is 0 Å². The van der Waals surface area contributed by atoms with E-state index in [9.17, 15) is 4.79 Å². The Bertz CT molecular complexity index is 1080. The number of aryl methyl sites for hydroxylation is 2. The molecule has 2 aliphatic rings. The Kier molecular flexibility index (Phi) is 10.6. The number of ether oxygens (including phenoxy) is 1. The molecule has 2 N–H and O–H groups in total. The topological polar surface area (TPSA) is 55.6 Å². The molecule has 0 aromatic heterocycles. The number of allylic oxidation sites excluding steroid dienone is 2. The van der Waals surface area contributed by atoms with Gasteiger partial charge < -0.3 is 15.4 Å². The second-order valence-electron chi connectivity index (χ2n) is 11.6. The first kappa shape index (κ1) is 28.6. The summed E-state index contributed by atoms with van der Waals surface area (Å²) < 4.78 is 6.32. The fraction of sp³-hybridized carbons (Fsp3) is 0.545. The lowest BCUT2D eigenvalue weighted by Gasteiger charge is -2.41. The van der Waals surface area contributed by atoms with E-state index in [0.29, 0.717) is 17.4 Å². The number of amides is 1. The van der Waals surface area contributed by atoms with Crippen molar-refractivity contribution in [3.05, 3.63) is 71.3 Å². The maximum atomic E-state index is 12.0. The van der Waals surface area contributed by atoms with Crippen LogP contribution in [0.4, 0.5) is 5.69 Å². The highest BCUT2D eigenvalue weighted by Crippen LogP contribution is 2.41. The molecule has 1 amide bonds. The molecule has 0 spiro atoms. The summed E-state index contributed by atoms with van der Waals surface area (Å²) in [4.78, 5) is 14.5. The van der Waals surface area contributed by atoms with Gasteiger partial charge in [0.25, 0.3) is 0 Å². The number of hydrogen-bond acceptors (Lipinski definition) is 4. The first-order valence-electron chi connectivity index (χ1n) is 14.4. The molecule has 206 valence electrons.